The molecule has 0 amide bonds. The Labute approximate surface area is 188 Å². The quantitative estimate of drug-likeness (QED) is 0.355. The number of aliphatic hydroxyl groups excluding tert-OH is 1. The fourth-order valence-corrected chi connectivity index (χ4v) is 4.23. The SMILES string of the molecule is OC(Nc1cccnc1)c1cccc2[nH]c(-c3ccc(N4CCCC4)cc3C(F)(F)F)nc12. The number of aromatic amines is 1. The lowest BCUT2D eigenvalue weighted by atomic mass is 10.0. The van der Waals surface area contributed by atoms with Crippen LogP contribution in [0.1, 0.15) is 30.2 Å². The summed E-state index contributed by atoms with van der Waals surface area (Å²) in [5, 5.41) is 13.6. The van der Waals surface area contributed by atoms with Gasteiger partial charge >= 0.3 is 6.18 Å². The summed E-state index contributed by atoms with van der Waals surface area (Å²) in [6.07, 6.45) is -0.513. The number of hydrogen-bond donors (Lipinski definition) is 3. The van der Waals surface area contributed by atoms with Crippen molar-refractivity contribution in [1.82, 2.24) is 15.0 Å². The average Bonchev–Trinajstić information content (AvgIpc) is 3.48. The number of pyridine rings is 1. The second-order valence-corrected chi connectivity index (χ2v) is 8.04. The summed E-state index contributed by atoms with van der Waals surface area (Å²) in [4.78, 5) is 13.4. The molecule has 9 heteroatoms. The molecule has 1 fully saturated rings. The van der Waals surface area contributed by atoms with E-state index in [-0.39, 0.29) is 11.4 Å². The topological polar surface area (TPSA) is 77.1 Å². The van der Waals surface area contributed by atoms with Gasteiger partial charge in [0.1, 0.15) is 5.82 Å². The summed E-state index contributed by atoms with van der Waals surface area (Å²) >= 11 is 0. The van der Waals surface area contributed by atoms with E-state index in [1.807, 2.05) is 4.90 Å². The van der Waals surface area contributed by atoms with Crippen molar-refractivity contribution in [3.05, 3.63) is 72.1 Å². The number of para-hydroxylation sites is 1. The van der Waals surface area contributed by atoms with Crippen molar-refractivity contribution in [3.8, 4) is 11.4 Å². The number of alkyl halides is 3. The van der Waals surface area contributed by atoms with Crippen LogP contribution in [0.2, 0.25) is 0 Å². The second-order valence-electron chi connectivity index (χ2n) is 8.04. The molecule has 3 heterocycles. The van der Waals surface area contributed by atoms with E-state index in [9.17, 15) is 18.3 Å². The number of hydrogen-bond acceptors (Lipinski definition) is 5. The molecular weight excluding hydrogens is 431 g/mol. The van der Waals surface area contributed by atoms with Crippen molar-refractivity contribution in [3.63, 3.8) is 0 Å². The smallest absolute Gasteiger partial charge is 0.372 e. The number of aromatic nitrogens is 3. The first-order valence-corrected chi connectivity index (χ1v) is 10.7. The standard InChI is InChI=1S/C24H22F3N5O/c25-24(26,27)19-13-16(32-11-1-2-12-32)8-9-17(19)22-30-20-7-3-6-18(21(20)31-22)23(33)29-15-5-4-10-28-14-15/h3-10,13-14,23,29,33H,1-2,11-12H2,(H,30,31). The molecule has 0 aliphatic carbocycles. The molecule has 1 aliphatic rings. The highest BCUT2D eigenvalue weighted by Crippen LogP contribution is 2.40. The van der Waals surface area contributed by atoms with Crippen LogP contribution in [0.15, 0.2) is 60.9 Å². The molecule has 1 aliphatic heterocycles. The molecule has 6 nitrogen and oxygen atoms in total. The number of imidazole rings is 1. The maximum absolute atomic E-state index is 14.0. The molecule has 0 radical (unpaired) electrons. The summed E-state index contributed by atoms with van der Waals surface area (Å²) in [7, 11) is 0. The maximum Gasteiger partial charge on any atom is 0.417 e. The van der Waals surface area contributed by atoms with Crippen LogP contribution >= 0.6 is 0 Å². The molecule has 4 aromatic rings. The Bertz CT molecular complexity index is 1270. The van der Waals surface area contributed by atoms with Gasteiger partial charge in [0.25, 0.3) is 0 Å². The van der Waals surface area contributed by atoms with Crippen molar-refractivity contribution >= 4 is 22.4 Å². The lowest BCUT2D eigenvalue weighted by Gasteiger charge is -2.20. The minimum Gasteiger partial charge on any atom is -0.372 e. The molecule has 0 saturated carbocycles. The molecule has 0 bridgehead atoms. The Kier molecular flexibility index (Phi) is 5.41. The number of halogens is 3. The molecule has 170 valence electrons. The van der Waals surface area contributed by atoms with Gasteiger partial charge in [-0.3, -0.25) is 4.98 Å². The summed E-state index contributed by atoms with van der Waals surface area (Å²) in [6.45, 7) is 1.51. The van der Waals surface area contributed by atoms with Crippen molar-refractivity contribution in [1.29, 1.82) is 0 Å². The first-order valence-electron chi connectivity index (χ1n) is 10.7. The van der Waals surface area contributed by atoms with E-state index < -0.39 is 18.0 Å². The van der Waals surface area contributed by atoms with E-state index in [1.54, 1.807) is 48.8 Å². The number of nitrogens with zero attached hydrogens (tertiary/aromatic N) is 3. The minimum atomic E-state index is -4.53. The highest BCUT2D eigenvalue weighted by Gasteiger charge is 2.35. The van der Waals surface area contributed by atoms with Gasteiger partial charge in [-0.25, -0.2) is 4.98 Å². The van der Waals surface area contributed by atoms with Crippen LogP contribution in [0.4, 0.5) is 24.5 Å². The molecule has 2 aromatic heterocycles. The molecule has 33 heavy (non-hydrogen) atoms. The number of H-pyrrole nitrogens is 1. The molecule has 2 aromatic carbocycles. The van der Waals surface area contributed by atoms with Gasteiger partial charge in [-0.1, -0.05) is 12.1 Å². The molecule has 1 atom stereocenters. The van der Waals surface area contributed by atoms with Crippen molar-refractivity contribution in [2.75, 3.05) is 23.3 Å². The van der Waals surface area contributed by atoms with Crippen LogP contribution in [-0.2, 0) is 6.18 Å². The molecule has 0 spiro atoms. The van der Waals surface area contributed by atoms with Crippen molar-refractivity contribution in [2.45, 2.75) is 25.2 Å². The first kappa shape index (κ1) is 21.3. The first-order chi connectivity index (χ1) is 15.9. The Morgan fingerprint density at radius 3 is 2.61 bits per heavy atom. The number of fused-ring (bicyclic) bond motifs is 1. The maximum atomic E-state index is 14.0. The van der Waals surface area contributed by atoms with Crippen LogP contribution < -0.4 is 10.2 Å². The average molecular weight is 453 g/mol. The van der Waals surface area contributed by atoms with E-state index in [4.69, 9.17) is 0 Å². The largest absolute Gasteiger partial charge is 0.417 e. The number of rotatable bonds is 5. The van der Waals surface area contributed by atoms with E-state index in [1.165, 1.54) is 12.1 Å². The van der Waals surface area contributed by atoms with Crippen molar-refractivity contribution < 1.29 is 18.3 Å². The monoisotopic (exact) mass is 453 g/mol. The van der Waals surface area contributed by atoms with Crippen LogP contribution in [-0.4, -0.2) is 33.1 Å². The zero-order valence-corrected chi connectivity index (χ0v) is 17.6. The van der Waals surface area contributed by atoms with Crippen LogP contribution in [0.5, 0.6) is 0 Å². The molecule has 3 N–H and O–H groups in total. The zero-order valence-electron chi connectivity index (χ0n) is 17.6. The van der Waals surface area contributed by atoms with E-state index >= 15 is 0 Å². The highest BCUT2D eigenvalue weighted by molar-refractivity contribution is 5.84. The van der Waals surface area contributed by atoms with Crippen LogP contribution in [0.3, 0.4) is 0 Å². The summed E-state index contributed by atoms with van der Waals surface area (Å²) in [6, 6.07) is 13.0. The van der Waals surface area contributed by atoms with Gasteiger partial charge in [0, 0.05) is 36.1 Å². The van der Waals surface area contributed by atoms with E-state index in [0.717, 1.165) is 25.9 Å². The van der Waals surface area contributed by atoms with Gasteiger partial charge in [0.2, 0.25) is 0 Å². The van der Waals surface area contributed by atoms with Crippen molar-refractivity contribution in [2.24, 2.45) is 0 Å². The van der Waals surface area contributed by atoms with E-state index in [0.29, 0.717) is 28.0 Å². The molecule has 5 rings (SSSR count). The minimum absolute atomic E-state index is 0.0256. The number of anilines is 2. The third kappa shape index (κ3) is 4.23. The van der Waals surface area contributed by atoms with Gasteiger partial charge in [0.15, 0.2) is 6.23 Å². The predicted molar refractivity (Wildman–Crippen MR) is 121 cm³/mol. The van der Waals surface area contributed by atoms with Crippen LogP contribution in [0.25, 0.3) is 22.4 Å². The van der Waals surface area contributed by atoms with Crippen LogP contribution in [0, 0.1) is 0 Å². The molecular formula is C24H22F3N5O. The fraction of sp³-hybridized carbons (Fsp3) is 0.250. The second kappa shape index (κ2) is 8.40. The van der Waals surface area contributed by atoms with Gasteiger partial charge in [-0.15, -0.1) is 0 Å². The number of aliphatic hydroxyl groups is 1. The summed E-state index contributed by atoms with van der Waals surface area (Å²) in [5.74, 6) is 0.103. The molecule has 1 unspecified atom stereocenters. The number of benzene rings is 2. The zero-order chi connectivity index (χ0) is 23.0. The predicted octanol–water partition coefficient (Wildman–Crippen LogP) is 5.35. The third-order valence-electron chi connectivity index (χ3n) is 5.84. The number of nitrogens with one attached hydrogen (secondary N) is 2. The highest BCUT2D eigenvalue weighted by atomic mass is 19.4. The van der Waals surface area contributed by atoms with Gasteiger partial charge in [-0.05, 0) is 49.2 Å². The lowest BCUT2D eigenvalue weighted by molar-refractivity contribution is -0.137. The van der Waals surface area contributed by atoms with Gasteiger partial charge in [0.05, 0.1) is 28.5 Å². The lowest BCUT2D eigenvalue weighted by Crippen LogP contribution is -2.19. The van der Waals surface area contributed by atoms with Gasteiger partial charge in [-0.2, -0.15) is 13.2 Å². The Hall–Kier alpha value is -3.59. The fourth-order valence-electron chi connectivity index (χ4n) is 4.23. The normalized spacial score (nSPS) is 15.2. The Morgan fingerprint density at radius 1 is 1.06 bits per heavy atom. The Balaban J connectivity index is 1.54. The third-order valence-corrected chi connectivity index (χ3v) is 5.84. The Morgan fingerprint density at radius 2 is 1.88 bits per heavy atom. The summed E-state index contributed by atoms with van der Waals surface area (Å²) < 4.78 is 42.0. The van der Waals surface area contributed by atoms with Gasteiger partial charge < -0.3 is 20.3 Å². The summed E-state index contributed by atoms with van der Waals surface area (Å²) in [5.41, 5.74) is 1.79. The molecule has 1 saturated heterocycles. The van der Waals surface area contributed by atoms with E-state index in [2.05, 4.69) is 20.3 Å².